The number of aromatic hydroxyl groups is 1. The number of phenols is 1. The van der Waals surface area contributed by atoms with Crippen LogP contribution >= 0.6 is 0 Å². The van der Waals surface area contributed by atoms with Crippen LogP contribution in [0.2, 0.25) is 0 Å². The summed E-state index contributed by atoms with van der Waals surface area (Å²) in [5.74, 6) is 2.01. The second-order valence-corrected chi connectivity index (χ2v) is 5.04. The van der Waals surface area contributed by atoms with Gasteiger partial charge in [-0.25, -0.2) is 4.98 Å². The van der Waals surface area contributed by atoms with Gasteiger partial charge in [0, 0.05) is 18.2 Å². The predicted molar refractivity (Wildman–Crippen MR) is 83.8 cm³/mol. The highest BCUT2D eigenvalue weighted by atomic mass is 16.5. The fraction of sp³-hybridized carbons (Fsp3) is 0.235. The van der Waals surface area contributed by atoms with E-state index in [9.17, 15) is 5.11 Å². The molecule has 0 aliphatic carbocycles. The fourth-order valence-electron chi connectivity index (χ4n) is 2.57. The van der Waals surface area contributed by atoms with Gasteiger partial charge >= 0.3 is 0 Å². The van der Waals surface area contributed by atoms with Crippen LogP contribution in [0.5, 0.6) is 11.5 Å². The zero-order valence-electron chi connectivity index (χ0n) is 12.4. The maximum atomic E-state index is 9.68. The number of methoxy groups -OCH3 is 1. The van der Waals surface area contributed by atoms with Gasteiger partial charge in [-0.1, -0.05) is 0 Å². The molecule has 0 aliphatic rings. The number of nitrogens with zero attached hydrogens (tertiary/aromatic N) is 2. The third-order valence-electron chi connectivity index (χ3n) is 3.73. The van der Waals surface area contributed by atoms with Crippen LogP contribution in [-0.4, -0.2) is 21.8 Å². The summed E-state index contributed by atoms with van der Waals surface area (Å²) in [6.07, 6.45) is 0. The third-order valence-corrected chi connectivity index (χ3v) is 3.73. The van der Waals surface area contributed by atoms with E-state index in [1.54, 1.807) is 13.2 Å². The van der Waals surface area contributed by atoms with E-state index in [0.717, 1.165) is 40.3 Å². The van der Waals surface area contributed by atoms with Crippen molar-refractivity contribution in [2.45, 2.75) is 20.4 Å². The lowest BCUT2D eigenvalue weighted by Gasteiger charge is -2.07. The summed E-state index contributed by atoms with van der Waals surface area (Å²) in [6.45, 7) is 4.82. The van der Waals surface area contributed by atoms with E-state index in [4.69, 9.17) is 9.72 Å². The molecule has 4 heteroatoms. The Hall–Kier alpha value is -2.49. The number of ether oxygens (including phenoxy) is 1. The molecule has 0 unspecified atom stereocenters. The molecule has 0 spiro atoms. The molecule has 0 saturated heterocycles. The summed E-state index contributed by atoms with van der Waals surface area (Å²) in [6, 6.07) is 11.5. The van der Waals surface area contributed by atoms with Gasteiger partial charge in [0.05, 0.1) is 18.1 Å². The highest BCUT2D eigenvalue weighted by Crippen LogP contribution is 2.29. The number of phenolic OH excluding ortho intramolecular Hbond substituents is 1. The van der Waals surface area contributed by atoms with Crippen molar-refractivity contribution in [2.75, 3.05) is 7.11 Å². The van der Waals surface area contributed by atoms with E-state index in [1.165, 1.54) is 0 Å². The van der Waals surface area contributed by atoms with E-state index in [-0.39, 0.29) is 0 Å². The quantitative estimate of drug-likeness (QED) is 0.796. The largest absolute Gasteiger partial charge is 0.508 e. The van der Waals surface area contributed by atoms with Gasteiger partial charge in [-0.3, -0.25) is 0 Å². The Morgan fingerprint density at radius 2 is 2.00 bits per heavy atom. The monoisotopic (exact) mass is 282 g/mol. The molecular formula is C17H18N2O2. The molecule has 4 nitrogen and oxygen atoms in total. The van der Waals surface area contributed by atoms with Crippen molar-refractivity contribution in [3.05, 3.63) is 42.0 Å². The minimum absolute atomic E-state index is 0.305. The zero-order valence-corrected chi connectivity index (χ0v) is 12.4. The molecule has 0 atom stereocenters. The maximum absolute atomic E-state index is 9.68. The Bertz CT molecular complexity index is 806. The number of aromatic nitrogens is 2. The molecule has 0 fully saturated rings. The van der Waals surface area contributed by atoms with Crippen molar-refractivity contribution in [1.29, 1.82) is 0 Å². The lowest BCUT2D eigenvalue weighted by Crippen LogP contribution is -1.97. The summed E-state index contributed by atoms with van der Waals surface area (Å²) >= 11 is 0. The Morgan fingerprint density at radius 1 is 1.19 bits per heavy atom. The minimum Gasteiger partial charge on any atom is -0.508 e. The third kappa shape index (κ3) is 2.23. The lowest BCUT2D eigenvalue weighted by molar-refractivity contribution is 0.415. The first kappa shape index (κ1) is 13.5. The second kappa shape index (κ2) is 5.13. The molecule has 1 aromatic heterocycles. The van der Waals surface area contributed by atoms with E-state index >= 15 is 0 Å². The molecule has 0 saturated carbocycles. The molecule has 1 N–H and O–H groups in total. The first-order valence-corrected chi connectivity index (χ1v) is 6.98. The molecule has 108 valence electrons. The Balaban J connectivity index is 2.23. The number of aryl methyl sites for hydroxylation is 2. The van der Waals surface area contributed by atoms with Crippen LogP contribution in [0.4, 0.5) is 0 Å². The molecular weight excluding hydrogens is 264 g/mol. The number of hydrogen-bond donors (Lipinski definition) is 1. The summed E-state index contributed by atoms with van der Waals surface area (Å²) in [5.41, 5.74) is 3.85. The van der Waals surface area contributed by atoms with Crippen LogP contribution in [0.15, 0.2) is 36.4 Å². The van der Waals surface area contributed by atoms with Gasteiger partial charge in [0.25, 0.3) is 0 Å². The van der Waals surface area contributed by atoms with E-state index < -0.39 is 0 Å². The molecule has 0 amide bonds. The highest BCUT2D eigenvalue weighted by molar-refractivity contribution is 5.82. The van der Waals surface area contributed by atoms with Gasteiger partial charge in [-0.2, -0.15) is 0 Å². The first-order chi connectivity index (χ1) is 10.1. The number of hydrogen-bond acceptors (Lipinski definition) is 3. The molecule has 0 bridgehead atoms. The van der Waals surface area contributed by atoms with E-state index in [2.05, 4.69) is 11.5 Å². The van der Waals surface area contributed by atoms with Gasteiger partial charge in [0.1, 0.15) is 17.3 Å². The fourth-order valence-corrected chi connectivity index (χ4v) is 2.57. The molecule has 1 heterocycles. The van der Waals surface area contributed by atoms with E-state index in [0.29, 0.717) is 5.75 Å². The standard InChI is InChI=1S/C17H18N2O2/c1-4-19-15-7-6-13(21-3)10-14(15)18-17(19)12-5-8-16(20)11(2)9-12/h5-10,20H,4H2,1-3H3. The van der Waals surface area contributed by atoms with Crippen molar-refractivity contribution in [2.24, 2.45) is 0 Å². The van der Waals surface area contributed by atoms with Crippen LogP contribution in [-0.2, 0) is 6.54 Å². The summed E-state index contributed by atoms with van der Waals surface area (Å²) in [5, 5.41) is 9.68. The Kier molecular flexibility index (Phi) is 3.29. The topological polar surface area (TPSA) is 47.3 Å². The molecule has 3 rings (SSSR count). The summed E-state index contributed by atoms with van der Waals surface area (Å²) < 4.78 is 7.43. The van der Waals surface area contributed by atoms with Crippen molar-refractivity contribution >= 4 is 11.0 Å². The molecule has 0 aliphatic heterocycles. The lowest BCUT2D eigenvalue weighted by atomic mass is 10.1. The van der Waals surface area contributed by atoms with Gasteiger partial charge in [-0.05, 0) is 49.7 Å². The van der Waals surface area contributed by atoms with Gasteiger partial charge in [0.2, 0.25) is 0 Å². The Morgan fingerprint density at radius 3 is 2.67 bits per heavy atom. The Labute approximate surface area is 123 Å². The van der Waals surface area contributed by atoms with Crippen molar-refractivity contribution in [1.82, 2.24) is 9.55 Å². The molecule has 3 aromatic rings. The minimum atomic E-state index is 0.305. The number of fused-ring (bicyclic) bond motifs is 1. The number of rotatable bonds is 3. The average molecular weight is 282 g/mol. The SMILES string of the molecule is CCn1c(-c2ccc(O)c(C)c2)nc2cc(OC)ccc21. The van der Waals surface area contributed by atoms with Gasteiger partial charge < -0.3 is 14.4 Å². The van der Waals surface area contributed by atoms with Crippen molar-refractivity contribution < 1.29 is 9.84 Å². The first-order valence-electron chi connectivity index (χ1n) is 6.98. The van der Waals surface area contributed by atoms with Crippen LogP contribution < -0.4 is 4.74 Å². The smallest absolute Gasteiger partial charge is 0.141 e. The van der Waals surface area contributed by atoms with Crippen LogP contribution in [0.25, 0.3) is 22.4 Å². The second-order valence-electron chi connectivity index (χ2n) is 5.04. The van der Waals surface area contributed by atoms with Gasteiger partial charge in [0.15, 0.2) is 0 Å². The normalized spacial score (nSPS) is 11.0. The van der Waals surface area contributed by atoms with Crippen molar-refractivity contribution in [3.8, 4) is 22.9 Å². The molecule has 0 radical (unpaired) electrons. The van der Waals surface area contributed by atoms with Crippen LogP contribution in [0.3, 0.4) is 0 Å². The summed E-state index contributed by atoms with van der Waals surface area (Å²) in [7, 11) is 1.65. The van der Waals surface area contributed by atoms with Crippen molar-refractivity contribution in [3.63, 3.8) is 0 Å². The number of imidazole rings is 1. The number of benzene rings is 2. The molecule has 21 heavy (non-hydrogen) atoms. The van der Waals surface area contributed by atoms with Crippen LogP contribution in [0.1, 0.15) is 12.5 Å². The maximum Gasteiger partial charge on any atom is 0.141 e. The predicted octanol–water partition coefficient (Wildman–Crippen LogP) is 3.75. The van der Waals surface area contributed by atoms with Crippen LogP contribution in [0, 0.1) is 6.92 Å². The van der Waals surface area contributed by atoms with E-state index in [1.807, 2.05) is 37.3 Å². The average Bonchev–Trinajstić information content (AvgIpc) is 2.87. The highest BCUT2D eigenvalue weighted by Gasteiger charge is 2.13. The summed E-state index contributed by atoms with van der Waals surface area (Å²) in [4.78, 5) is 4.73. The molecule has 2 aromatic carbocycles. The zero-order chi connectivity index (χ0) is 15.0. The van der Waals surface area contributed by atoms with Gasteiger partial charge in [-0.15, -0.1) is 0 Å².